The van der Waals surface area contributed by atoms with Crippen LogP contribution in [0.15, 0.2) is 0 Å². The van der Waals surface area contributed by atoms with Crippen LogP contribution in [0.4, 0.5) is 0 Å². The molecule has 2 atom stereocenters. The molecule has 0 aromatic carbocycles. The van der Waals surface area contributed by atoms with Crippen molar-refractivity contribution in [1.82, 2.24) is 5.32 Å². The lowest BCUT2D eigenvalue weighted by molar-refractivity contribution is -0.147. The van der Waals surface area contributed by atoms with E-state index < -0.39 is 23.5 Å². The van der Waals surface area contributed by atoms with Gasteiger partial charge in [-0.2, -0.15) is 0 Å². The molecule has 0 bridgehead atoms. The maximum absolute atomic E-state index is 12.4. The van der Waals surface area contributed by atoms with Gasteiger partial charge in [-0.1, -0.05) is 25.7 Å². The Bertz CT molecular complexity index is 323. The molecule has 0 aromatic heterocycles. The van der Waals surface area contributed by atoms with E-state index in [1.54, 1.807) is 0 Å². The van der Waals surface area contributed by atoms with Crippen molar-refractivity contribution in [2.45, 2.75) is 57.6 Å². The smallest absolute Gasteiger partial charge is 0.328 e. The van der Waals surface area contributed by atoms with Gasteiger partial charge in [0.1, 0.15) is 0 Å². The van der Waals surface area contributed by atoms with Crippen LogP contribution in [0.25, 0.3) is 0 Å². The third-order valence-corrected chi connectivity index (χ3v) is 3.97. The van der Waals surface area contributed by atoms with Crippen molar-refractivity contribution in [3.8, 4) is 0 Å². The summed E-state index contributed by atoms with van der Waals surface area (Å²) in [6, 6.07) is -1.28. The van der Waals surface area contributed by atoms with Gasteiger partial charge in [0.25, 0.3) is 0 Å². The number of rotatable bonds is 5. The molecule has 5 N–H and O–H groups in total. The SMILES string of the molecule is C[C@@H](O)[C@H](NC(=O)C1(CN)CCCCCC1)C(=O)O. The van der Waals surface area contributed by atoms with Crippen LogP contribution >= 0.6 is 0 Å². The van der Waals surface area contributed by atoms with Crippen LogP contribution in [-0.2, 0) is 9.59 Å². The first-order valence-corrected chi connectivity index (χ1v) is 6.85. The number of amides is 1. The monoisotopic (exact) mass is 272 g/mol. The molecule has 0 aromatic rings. The molecule has 0 unspecified atom stereocenters. The van der Waals surface area contributed by atoms with Crippen molar-refractivity contribution in [3.63, 3.8) is 0 Å². The minimum absolute atomic E-state index is 0.213. The lowest BCUT2D eigenvalue weighted by Gasteiger charge is -2.31. The van der Waals surface area contributed by atoms with Gasteiger partial charge in [-0.15, -0.1) is 0 Å². The molecule has 19 heavy (non-hydrogen) atoms. The summed E-state index contributed by atoms with van der Waals surface area (Å²) in [7, 11) is 0. The Kier molecular flexibility index (Phi) is 5.75. The lowest BCUT2D eigenvalue weighted by atomic mass is 9.79. The Hall–Kier alpha value is -1.14. The van der Waals surface area contributed by atoms with Crippen molar-refractivity contribution < 1.29 is 19.8 Å². The number of aliphatic carboxylic acids is 1. The zero-order valence-corrected chi connectivity index (χ0v) is 11.4. The molecule has 1 aliphatic carbocycles. The molecular formula is C13H24N2O4. The molecule has 6 heteroatoms. The fraction of sp³-hybridized carbons (Fsp3) is 0.846. The summed E-state index contributed by atoms with van der Waals surface area (Å²) in [6.45, 7) is 1.56. The predicted octanol–water partition coefficient (Wildman–Crippen LogP) is 0.236. The van der Waals surface area contributed by atoms with Crippen LogP contribution in [0.3, 0.4) is 0 Å². The zero-order valence-electron chi connectivity index (χ0n) is 11.4. The van der Waals surface area contributed by atoms with Crippen molar-refractivity contribution >= 4 is 11.9 Å². The zero-order chi connectivity index (χ0) is 14.5. The Labute approximate surface area is 113 Å². The van der Waals surface area contributed by atoms with E-state index in [9.17, 15) is 14.7 Å². The highest BCUT2D eigenvalue weighted by molar-refractivity contribution is 5.88. The van der Waals surface area contributed by atoms with E-state index in [1.165, 1.54) is 6.92 Å². The Morgan fingerprint density at radius 2 is 1.79 bits per heavy atom. The Morgan fingerprint density at radius 1 is 1.26 bits per heavy atom. The molecule has 0 heterocycles. The number of nitrogens with one attached hydrogen (secondary N) is 1. The predicted molar refractivity (Wildman–Crippen MR) is 70.4 cm³/mol. The number of aliphatic hydroxyl groups is 1. The fourth-order valence-corrected chi connectivity index (χ4v) is 2.61. The van der Waals surface area contributed by atoms with Crippen molar-refractivity contribution in [2.75, 3.05) is 6.54 Å². The second-order valence-corrected chi connectivity index (χ2v) is 5.43. The Morgan fingerprint density at radius 3 is 2.16 bits per heavy atom. The number of carboxylic acid groups (broad SMARTS) is 1. The van der Waals surface area contributed by atoms with Gasteiger partial charge in [0, 0.05) is 6.54 Å². The van der Waals surface area contributed by atoms with E-state index >= 15 is 0 Å². The van der Waals surface area contributed by atoms with E-state index in [2.05, 4.69) is 5.32 Å². The number of carbonyl (C=O) groups excluding carboxylic acids is 1. The fourth-order valence-electron chi connectivity index (χ4n) is 2.61. The largest absolute Gasteiger partial charge is 0.480 e. The molecule has 1 aliphatic rings. The van der Waals surface area contributed by atoms with Crippen LogP contribution in [0.1, 0.15) is 45.4 Å². The van der Waals surface area contributed by atoms with Gasteiger partial charge < -0.3 is 21.3 Å². The summed E-state index contributed by atoms with van der Waals surface area (Å²) < 4.78 is 0. The normalized spacial score (nSPS) is 22.1. The van der Waals surface area contributed by atoms with E-state index in [0.717, 1.165) is 25.7 Å². The molecule has 0 radical (unpaired) electrons. The van der Waals surface area contributed by atoms with Crippen LogP contribution in [0, 0.1) is 5.41 Å². The minimum Gasteiger partial charge on any atom is -0.480 e. The first-order valence-electron chi connectivity index (χ1n) is 6.85. The molecule has 6 nitrogen and oxygen atoms in total. The number of carboxylic acids is 1. The van der Waals surface area contributed by atoms with E-state index in [0.29, 0.717) is 12.8 Å². The number of hydrogen-bond donors (Lipinski definition) is 4. The summed E-state index contributed by atoms with van der Waals surface area (Å²) in [6.07, 6.45) is 4.24. The highest BCUT2D eigenvalue weighted by atomic mass is 16.4. The number of hydrogen-bond acceptors (Lipinski definition) is 4. The standard InChI is InChI=1S/C13H24N2O4/c1-9(16)10(11(17)18)15-12(19)13(8-14)6-4-2-3-5-7-13/h9-10,16H,2-8,14H2,1H3,(H,15,19)(H,17,18)/t9-,10+/m1/s1. The number of nitrogens with two attached hydrogens (primary N) is 1. The Balaban J connectivity index is 2.79. The van der Waals surface area contributed by atoms with Crippen LogP contribution in [0.5, 0.6) is 0 Å². The summed E-state index contributed by atoms with van der Waals surface area (Å²) in [5.41, 5.74) is 5.08. The van der Waals surface area contributed by atoms with Gasteiger partial charge in [0.2, 0.25) is 5.91 Å². The third kappa shape index (κ3) is 3.91. The maximum Gasteiger partial charge on any atom is 0.328 e. The van der Waals surface area contributed by atoms with E-state index in [1.807, 2.05) is 0 Å². The average Bonchev–Trinajstić information content (AvgIpc) is 2.61. The third-order valence-electron chi connectivity index (χ3n) is 3.97. The second kappa shape index (κ2) is 6.86. The van der Waals surface area contributed by atoms with Crippen molar-refractivity contribution in [2.24, 2.45) is 11.1 Å². The number of carbonyl (C=O) groups is 2. The van der Waals surface area contributed by atoms with E-state index in [-0.39, 0.29) is 12.5 Å². The first kappa shape index (κ1) is 15.9. The molecule has 110 valence electrons. The molecule has 0 saturated heterocycles. The van der Waals surface area contributed by atoms with Gasteiger partial charge >= 0.3 is 5.97 Å². The molecule has 1 rings (SSSR count). The average molecular weight is 272 g/mol. The summed E-state index contributed by atoms with van der Waals surface area (Å²) in [5, 5.41) is 20.8. The van der Waals surface area contributed by atoms with Crippen LogP contribution in [-0.4, -0.2) is 40.8 Å². The highest BCUT2D eigenvalue weighted by Gasteiger charge is 2.39. The van der Waals surface area contributed by atoms with Crippen molar-refractivity contribution in [3.05, 3.63) is 0 Å². The molecule has 1 saturated carbocycles. The van der Waals surface area contributed by atoms with Crippen LogP contribution in [0.2, 0.25) is 0 Å². The molecule has 1 fully saturated rings. The lowest BCUT2D eigenvalue weighted by Crippen LogP contribution is -2.54. The van der Waals surface area contributed by atoms with Crippen LogP contribution < -0.4 is 11.1 Å². The molecular weight excluding hydrogens is 248 g/mol. The topological polar surface area (TPSA) is 113 Å². The molecule has 1 amide bonds. The van der Waals surface area contributed by atoms with Gasteiger partial charge in [0.15, 0.2) is 6.04 Å². The molecule has 0 spiro atoms. The summed E-state index contributed by atoms with van der Waals surface area (Å²) in [4.78, 5) is 23.4. The highest BCUT2D eigenvalue weighted by Crippen LogP contribution is 2.34. The quantitative estimate of drug-likeness (QED) is 0.535. The van der Waals surface area contributed by atoms with Gasteiger partial charge in [-0.25, -0.2) is 4.79 Å². The van der Waals surface area contributed by atoms with Crippen molar-refractivity contribution in [1.29, 1.82) is 0 Å². The molecule has 0 aliphatic heterocycles. The minimum atomic E-state index is -1.28. The maximum atomic E-state index is 12.4. The van der Waals surface area contributed by atoms with E-state index in [4.69, 9.17) is 10.8 Å². The number of aliphatic hydroxyl groups excluding tert-OH is 1. The van der Waals surface area contributed by atoms with Gasteiger partial charge in [0.05, 0.1) is 11.5 Å². The van der Waals surface area contributed by atoms with Gasteiger partial charge in [-0.3, -0.25) is 4.79 Å². The summed E-state index contributed by atoms with van der Waals surface area (Å²) in [5.74, 6) is -1.57. The summed E-state index contributed by atoms with van der Waals surface area (Å²) >= 11 is 0. The first-order chi connectivity index (χ1) is 8.93. The second-order valence-electron chi connectivity index (χ2n) is 5.43. The van der Waals surface area contributed by atoms with Gasteiger partial charge in [-0.05, 0) is 19.8 Å².